The van der Waals surface area contributed by atoms with E-state index in [9.17, 15) is 0 Å². The molecule has 3 heteroatoms. The molecule has 3 nitrogen and oxygen atoms in total. The van der Waals surface area contributed by atoms with Gasteiger partial charge in [-0.1, -0.05) is 0 Å². The van der Waals surface area contributed by atoms with Crippen LogP contribution < -0.4 is 0 Å². The van der Waals surface area contributed by atoms with Crippen LogP contribution in [0.4, 0.5) is 0 Å². The van der Waals surface area contributed by atoms with Crippen molar-refractivity contribution in [2.24, 2.45) is 0 Å². The molecule has 1 atom stereocenters. The fourth-order valence-electron chi connectivity index (χ4n) is 0.912. The van der Waals surface area contributed by atoms with E-state index < -0.39 is 0 Å². The van der Waals surface area contributed by atoms with Crippen molar-refractivity contribution in [2.45, 2.75) is 12.5 Å². The summed E-state index contributed by atoms with van der Waals surface area (Å²) in [6.45, 7) is 1.92. The average Bonchev–Trinajstić information content (AvgIpc) is 1.87. The highest BCUT2D eigenvalue weighted by atomic mass is 16.3. The molecule has 0 saturated carbocycles. The van der Waals surface area contributed by atoms with E-state index in [1.54, 1.807) is 0 Å². The van der Waals surface area contributed by atoms with Crippen LogP contribution in [-0.2, 0) is 0 Å². The molecule has 1 saturated heterocycles. The van der Waals surface area contributed by atoms with E-state index in [4.69, 9.17) is 5.11 Å². The lowest BCUT2D eigenvalue weighted by Gasteiger charge is -2.02. The molecule has 1 unspecified atom stereocenters. The molecule has 1 aliphatic heterocycles. The number of nitrogens with zero attached hydrogens (tertiary/aromatic N) is 1. The standard InChI is InChI=1S/C5H11NO.H2O/c1-6-3-2-5(7)4-6;/h5,7H,2-4H2,1H3;1H2. The van der Waals surface area contributed by atoms with Crippen molar-refractivity contribution in [3.8, 4) is 0 Å². The average molecular weight is 119 g/mol. The number of aliphatic hydroxyl groups is 1. The van der Waals surface area contributed by atoms with E-state index in [1.165, 1.54) is 0 Å². The first-order chi connectivity index (χ1) is 3.29. The molecule has 0 aliphatic carbocycles. The molecule has 0 amide bonds. The molecule has 3 N–H and O–H groups in total. The zero-order valence-corrected chi connectivity index (χ0v) is 5.09. The van der Waals surface area contributed by atoms with Crippen LogP contribution in [0.25, 0.3) is 0 Å². The third kappa shape index (κ3) is 1.78. The second-order valence-electron chi connectivity index (χ2n) is 2.20. The maximum Gasteiger partial charge on any atom is 0.0679 e. The smallest absolute Gasteiger partial charge is 0.0679 e. The van der Waals surface area contributed by atoms with Gasteiger partial charge in [0.1, 0.15) is 0 Å². The van der Waals surface area contributed by atoms with Crippen molar-refractivity contribution < 1.29 is 10.6 Å². The second kappa shape index (κ2) is 3.02. The van der Waals surface area contributed by atoms with Crippen LogP contribution in [0.5, 0.6) is 0 Å². The zero-order chi connectivity index (χ0) is 5.28. The summed E-state index contributed by atoms with van der Waals surface area (Å²) in [5.41, 5.74) is 0. The third-order valence-electron chi connectivity index (χ3n) is 1.37. The minimum absolute atomic E-state index is 0. The van der Waals surface area contributed by atoms with Gasteiger partial charge in [0.2, 0.25) is 0 Å². The van der Waals surface area contributed by atoms with Gasteiger partial charge in [-0.2, -0.15) is 0 Å². The Morgan fingerprint density at radius 2 is 2.25 bits per heavy atom. The van der Waals surface area contributed by atoms with E-state index in [0.717, 1.165) is 19.5 Å². The van der Waals surface area contributed by atoms with E-state index >= 15 is 0 Å². The fraction of sp³-hybridized carbons (Fsp3) is 1.00. The van der Waals surface area contributed by atoms with Crippen molar-refractivity contribution in [1.82, 2.24) is 4.90 Å². The van der Waals surface area contributed by atoms with Crippen molar-refractivity contribution >= 4 is 0 Å². The van der Waals surface area contributed by atoms with Crippen molar-refractivity contribution in [2.75, 3.05) is 20.1 Å². The Hall–Kier alpha value is -0.120. The highest BCUT2D eigenvalue weighted by Crippen LogP contribution is 2.03. The summed E-state index contributed by atoms with van der Waals surface area (Å²) in [7, 11) is 2.02. The highest BCUT2D eigenvalue weighted by molar-refractivity contribution is 4.70. The molecule has 0 bridgehead atoms. The minimum Gasteiger partial charge on any atom is -0.412 e. The molecule has 1 rings (SSSR count). The first-order valence-electron chi connectivity index (χ1n) is 2.65. The Bertz CT molecular complexity index is 59.4. The van der Waals surface area contributed by atoms with Crippen molar-refractivity contribution in [3.05, 3.63) is 0 Å². The highest BCUT2D eigenvalue weighted by Gasteiger charge is 2.14. The quantitative estimate of drug-likeness (QED) is 0.438. The van der Waals surface area contributed by atoms with Gasteiger partial charge in [0.05, 0.1) is 6.10 Å². The largest absolute Gasteiger partial charge is 0.412 e. The molecular formula is C5H13NO2. The van der Waals surface area contributed by atoms with E-state index in [1.807, 2.05) is 7.05 Å². The van der Waals surface area contributed by atoms with E-state index in [-0.39, 0.29) is 11.6 Å². The van der Waals surface area contributed by atoms with Gasteiger partial charge >= 0.3 is 0 Å². The Kier molecular flexibility index (Phi) is 2.97. The SMILES string of the molecule is CN1CCC(O)C1.O. The van der Waals surface area contributed by atoms with Gasteiger partial charge in [-0.05, 0) is 13.5 Å². The lowest BCUT2D eigenvalue weighted by atomic mass is 10.3. The summed E-state index contributed by atoms with van der Waals surface area (Å²) in [5, 5.41) is 8.86. The monoisotopic (exact) mass is 119 g/mol. The molecule has 1 aliphatic rings. The lowest BCUT2D eigenvalue weighted by molar-refractivity contribution is 0.183. The van der Waals surface area contributed by atoms with Gasteiger partial charge in [0.15, 0.2) is 0 Å². The van der Waals surface area contributed by atoms with Crippen molar-refractivity contribution in [3.63, 3.8) is 0 Å². The van der Waals surface area contributed by atoms with Crippen LogP contribution in [0.3, 0.4) is 0 Å². The Balaban J connectivity index is 0.000000490. The van der Waals surface area contributed by atoms with Gasteiger partial charge in [0.25, 0.3) is 0 Å². The van der Waals surface area contributed by atoms with E-state index in [0.29, 0.717) is 0 Å². The molecule has 0 aromatic carbocycles. The van der Waals surface area contributed by atoms with Crippen molar-refractivity contribution in [1.29, 1.82) is 0 Å². The third-order valence-corrected chi connectivity index (χ3v) is 1.37. The number of β-amino-alcohol motifs (C(OH)–C–C–N with tert-alkyl or cyclic N) is 1. The first-order valence-corrected chi connectivity index (χ1v) is 2.65. The summed E-state index contributed by atoms with van der Waals surface area (Å²) < 4.78 is 0. The molecule has 50 valence electrons. The van der Waals surface area contributed by atoms with E-state index in [2.05, 4.69) is 4.90 Å². The molecule has 0 spiro atoms. The fourth-order valence-corrected chi connectivity index (χ4v) is 0.912. The summed E-state index contributed by atoms with van der Waals surface area (Å²) in [4.78, 5) is 2.13. The summed E-state index contributed by atoms with van der Waals surface area (Å²) in [6, 6.07) is 0. The Morgan fingerprint density at radius 1 is 1.62 bits per heavy atom. The van der Waals surface area contributed by atoms with Crippen LogP contribution >= 0.6 is 0 Å². The van der Waals surface area contributed by atoms with Gasteiger partial charge in [-0.25, -0.2) is 0 Å². The number of likely N-dealkylation sites (N-methyl/N-ethyl adjacent to an activating group) is 1. The topological polar surface area (TPSA) is 55.0 Å². The van der Waals surface area contributed by atoms with Crippen LogP contribution in [0, 0.1) is 0 Å². The zero-order valence-electron chi connectivity index (χ0n) is 5.09. The number of hydrogen-bond acceptors (Lipinski definition) is 2. The summed E-state index contributed by atoms with van der Waals surface area (Å²) >= 11 is 0. The van der Waals surface area contributed by atoms with Gasteiger partial charge < -0.3 is 15.5 Å². The first kappa shape index (κ1) is 7.88. The maximum absolute atomic E-state index is 8.86. The lowest BCUT2D eigenvalue weighted by Crippen LogP contribution is -2.15. The molecular weight excluding hydrogens is 106 g/mol. The number of aliphatic hydroxyl groups excluding tert-OH is 1. The second-order valence-corrected chi connectivity index (χ2v) is 2.20. The molecule has 0 aromatic heterocycles. The Morgan fingerprint density at radius 3 is 2.38 bits per heavy atom. The molecule has 8 heavy (non-hydrogen) atoms. The van der Waals surface area contributed by atoms with Gasteiger partial charge in [-0.15, -0.1) is 0 Å². The maximum atomic E-state index is 8.86. The summed E-state index contributed by atoms with van der Waals surface area (Å²) in [5.74, 6) is 0. The number of rotatable bonds is 0. The Labute approximate surface area is 49.2 Å². The summed E-state index contributed by atoms with van der Waals surface area (Å²) in [6.07, 6.45) is 0.904. The van der Waals surface area contributed by atoms with Gasteiger partial charge in [0, 0.05) is 13.1 Å². The van der Waals surface area contributed by atoms with Crippen LogP contribution in [0.2, 0.25) is 0 Å². The number of hydrogen-bond donors (Lipinski definition) is 1. The van der Waals surface area contributed by atoms with Gasteiger partial charge in [-0.3, -0.25) is 0 Å². The molecule has 1 heterocycles. The predicted octanol–water partition coefficient (Wildman–Crippen LogP) is -1.14. The van der Waals surface area contributed by atoms with Crippen LogP contribution in [0.15, 0.2) is 0 Å². The predicted molar refractivity (Wildman–Crippen MR) is 31.7 cm³/mol. The number of likely N-dealkylation sites (tertiary alicyclic amines) is 1. The molecule has 0 aromatic rings. The van der Waals surface area contributed by atoms with Crippen LogP contribution in [0.1, 0.15) is 6.42 Å². The molecule has 0 radical (unpaired) electrons. The van der Waals surface area contributed by atoms with Crippen LogP contribution in [-0.4, -0.2) is 41.7 Å². The molecule has 1 fully saturated rings. The normalized spacial score (nSPS) is 30.0. The minimum atomic E-state index is -0.0509.